The molecule has 0 saturated carbocycles. The van der Waals surface area contributed by atoms with E-state index in [-0.39, 0.29) is 23.6 Å². The van der Waals surface area contributed by atoms with Gasteiger partial charge in [-0.3, -0.25) is 14.9 Å². The van der Waals surface area contributed by atoms with Crippen LogP contribution in [0.3, 0.4) is 0 Å². The van der Waals surface area contributed by atoms with Gasteiger partial charge in [0, 0.05) is 36.8 Å². The lowest BCUT2D eigenvalue weighted by molar-refractivity contribution is -0.384. The summed E-state index contributed by atoms with van der Waals surface area (Å²) in [6, 6.07) is 4.42. The summed E-state index contributed by atoms with van der Waals surface area (Å²) in [5.74, 6) is 0.0651. The highest BCUT2D eigenvalue weighted by molar-refractivity contribution is 5.95. The Kier molecular flexibility index (Phi) is 3.53. The van der Waals surface area contributed by atoms with Gasteiger partial charge in [0.25, 0.3) is 11.6 Å². The van der Waals surface area contributed by atoms with Gasteiger partial charge in [-0.25, -0.2) is 0 Å². The first kappa shape index (κ1) is 13.5. The van der Waals surface area contributed by atoms with E-state index in [1.807, 2.05) is 6.92 Å². The molecule has 0 bridgehead atoms. The van der Waals surface area contributed by atoms with Crippen LogP contribution in [0, 0.1) is 23.0 Å². The van der Waals surface area contributed by atoms with Crippen molar-refractivity contribution >= 4 is 11.6 Å². The number of non-ortho nitro benzene ring substituents is 1. The molecule has 6 heteroatoms. The van der Waals surface area contributed by atoms with Gasteiger partial charge in [0.05, 0.1) is 4.92 Å². The Morgan fingerprint density at radius 2 is 2.11 bits per heavy atom. The molecule has 19 heavy (non-hydrogen) atoms. The Labute approximate surface area is 111 Å². The normalized spacial score (nSPS) is 22.6. The van der Waals surface area contributed by atoms with Crippen LogP contribution in [0.2, 0.25) is 0 Å². The van der Waals surface area contributed by atoms with E-state index in [0.29, 0.717) is 24.2 Å². The average Bonchev–Trinajstić information content (AvgIpc) is 2.68. The summed E-state index contributed by atoms with van der Waals surface area (Å²) in [5.41, 5.74) is 6.89. The fourth-order valence-electron chi connectivity index (χ4n) is 2.33. The molecule has 102 valence electrons. The third-order valence-corrected chi connectivity index (χ3v) is 3.48. The number of nitrogens with two attached hydrogens (primary N) is 1. The highest BCUT2D eigenvalue weighted by Crippen LogP contribution is 2.21. The van der Waals surface area contributed by atoms with Crippen LogP contribution in [0.5, 0.6) is 0 Å². The predicted molar refractivity (Wildman–Crippen MR) is 70.9 cm³/mol. The summed E-state index contributed by atoms with van der Waals surface area (Å²) in [4.78, 5) is 24.3. The lowest BCUT2D eigenvalue weighted by atomic mass is 10.1. The maximum absolute atomic E-state index is 12.3. The van der Waals surface area contributed by atoms with Crippen molar-refractivity contribution in [2.75, 3.05) is 13.1 Å². The molecule has 1 amide bonds. The topological polar surface area (TPSA) is 89.5 Å². The van der Waals surface area contributed by atoms with Crippen molar-refractivity contribution in [3.8, 4) is 0 Å². The number of amides is 1. The van der Waals surface area contributed by atoms with Crippen molar-refractivity contribution in [3.63, 3.8) is 0 Å². The maximum atomic E-state index is 12.3. The van der Waals surface area contributed by atoms with Crippen LogP contribution in [0.15, 0.2) is 18.2 Å². The summed E-state index contributed by atoms with van der Waals surface area (Å²) in [5, 5.41) is 10.8. The molecule has 1 aliphatic heterocycles. The molecule has 1 heterocycles. The Morgan fingerprint density at radius 3 is 2.63 bits per heavy atom. The van der Waals surface area contributed by atoms with Gasteiger partial charge in [-0.15, -0.1) is 0 Å². The molecule has 6 nitrogen and oxygen atoms in total. The number of carbonyl (C=O) groups is 1. The summed E-state index contributed by atoms with van der Waals surface area (Å²) < 4.78 is 0. The average molecular weight is 263 g/mol. The highest BCUT2D eigenvalue weighted by Gasteiger charge is 2.30. The number of hydrogen-bond donors (Lipinski definition) is 1. The molecule has 0 spiro atoms. The van der Waals surface area contributed by atoms with E-state index in [2.05, 4.69) is 0 Å². The monoisotopic (exact) mass is 263 g/mol. The van der Waals surface area contributed by atoms with Crippen LogP contribution in [0.1, 0.15) is 22.8 Å². The first-order valence-electron chi connectivity index (χ1n) is 6.19. The largest absolute Gasteiger partial charge is 0.337 e. The minimum absolute atomic E-state index is 0.0243. The molecule has 0 aliphatic carbocycles. The Morgan fingerprint density at radius 1 is 1.42 bits per heavy atom. The highest BCUT2D eigenvalue weighted by atomic mass is 16.6. The number of nitrogens with zero attached hydrogens (tertiary/aromatic N) is 2. The van der Waals surface area contributed by atoms with Crippen LogP contribution < -0.4 is 5.73 Å². The Bertz CT molecular complexity index is 520. The van der Waals surface area contributed by atoms with Crippen LogP contribution in [0.4, 0.5) is 5.69 Å². The zero-order valence-electron chi connectivity index (χ0n) is 11.0. The van der Waals surface area contributed by atoms with Gasteiger partial charge in [0.2, 0.25) is 0 Å². The lowest BCUT2D eigenvalue weighted by Gasteiger charge is -2.16. The fourth-order valence-corrected chi connectivity index (χ4v) is 2.33. The van der Waals surface area contributed by atoms with Crippen molar-refractivity contribution in [2.24, 2.45) is 11.7 Å². The summed E-state index contributed by atoms with van der Waals surface area (Å²) in [6.07, 6.45) is 0. The van der Waals surface area contributed by atoms with Gasteiger partial charge < -0.3 is 10.6 Å². The number of hydrogen-bond acceptors (Lipinski definition) is 4. The molecule has 1 aliphatic rings. The number of rotatable bonds is 2. The molecular formula is C13H17N3O3. The molecule has 2 N–H and O–H groups in total. The van der Waals surface area contributed by atoms with Crippen LogP contribution in [-0.4, -0.2) is 34.9 Å². The lowest BCUT2D eigenvalue weighted by Crippen LogP contribution is -2.32. The van der Waals surface area contributed by atoms with E-state index in [9.17, 15) is 14.9 Å². The van der Waals surface area contributed by atoms with E-state index in [4.69, 9.17) is 5.73 Å². The SMILES string of the molecule is Cc1cc(C(=O)N2CC(C)C(N)C2)cc([N+](=O)[O-])c1. The predicted octanol–water partition coefficient (Wildman–Crippen LogP) is 1.32. The van der Waals surface area contributed by atoms with Gasteiger partial charge >= 0.3 is 0 Å². The van der Waals surface area contributed by atoms with Gasteiger partial charge in [0.15, 0.2) is 0 Å². The van der Waals surface area contributed by atoms with Crippen LogP contribution in [0.25, 0.3) is 0 Å². The molecule has 2 atom stereocenters. The minimum atomic E-state index is -0.484. The van der Waals surface area contributed by atoms with Gasteiger partial charge in [-0.05, 0) is 24.5 Å². The molecule has 2 rings (SSSR count). The van der Waals surface area contributed by atoms with E-state index in [1.165, 1.54) is 12.1 Å². The molecule has 0 aromatic heterocycles. The van der Waals surface area contributed by atoms with E-state index in [1.54, 1.807) is 17.9 Å². The number of likely N-dealkylation sites (tertiary alicyclic amines) is 1. The molecule has 1 aromatic carbocycles. The zero-order chi connectivity index (χ0) is 14.2. The second kappa shape index (κ2) is 4.97. The maximum Gasteiger partial charge on any atom is 0.270 e. The third kappa shape index (κ3) is 2.73. The van der Waals surface area contributed by atoms with Crippen molar-refractivity contribution < 1.29 is 9.72 Å². The Balaban J connectivity index is 2.27. The second-order valence-corrected chi connectivity index (χ2v) is 5.17. The first-order valence-corrected chi connectivity index (χ1v) is 6.19. The molecular weight excluding hydrogens is 246 g/mol. The van der Waals surface area contributed by atoms with Crippen LogP contribution in [-0.2, 0) is 0 Å². The standard InChI is InChI=1S/C13H17N3O3/c1-8-3-10(5-11(4-8)16(18)19)13(17)15-6-9(2)12(14)7-15/h3-5,9,12H,6-7,14H2,1-2H3. The molecule has 1 aromatic rings. The number of nitro benzene ring substituents is 1. The number of aryl methyl sites for hydroxylation is 1. The molecule has 2 unspecified atom stereocenters. The molecule has 1 fully saturated rings. The molecule has 0 radical (unpaired) electrons. The quantitative estimate of drug-likeness (QED) is 0.643. The summed E-state index contributed by atoms with van der Waals surface area (Å²) in [6.45, 7) is 4.84. The summed E-state index contributed by atoms with van der Waals surface area (Å²) in [7, 11) is 0. The first-order chi connectivity index (χ1) is 8.88. The summed E-state index contributed by atoms with van der Waals surface area (Å²) >= 11 is 0. The number of carbonyl (C=O) groups excluding carboxylic acids is 1. The van der Waals surface area contributed by atoms with Gasteiger partial charge in [0.1, 0.15) is 0 Å². The Hall–Kier alpha value is -1.95. The van der Waals surface area contributed by atoms with Crippen molar-refractivity contribution in [3.05, 3.63) is 39.4 Å². The second-order valence-electron chi connectivity index (χ2n) is 5.17. The van der Waals surface area contributed by atoms with E-state index < -0.39 is 4.92 Å². The molecule has 1 saturated heterocycles. The van der Waals surface area contributed by atoms with Crippen molar-refractivity contribution in [1.29, 1.82) is 0 Å². The zero-order valence-corrected chi connectivity index (χ0v) is 11.0. The van der Waals surface area contributed by atoms with Gasteiger partial charge in [-0.1, -0.05) is 6.92 Å². The van der Waals surface area contributed by atoms with Crippen molar-refractivity contribution in [2.45, 2.75) is 19.9 Å². The van der Waals surface area contributed by atoms with Gasteiger partial charge in [-0.2, -0.15) is 0 Å². The van der Waals surface area contributed by atoms with Crippen molar-refractivity contribution in [1.82, 2.24) is 4.90 Å². The van der Waals surface area contributed by atoms with Crippen LogP contribution >= 0.6 is 0 Å². The minimum Gasteiger partial charge on any atom is -0.337 e. The van der Waals surface area contributed by atoms with E-state index in [0.717, 1.165) is 0 Å². The smallest absolute Gasteiger partial charge is 0.270 e. The number of benzene rings is 1. The fraction of sp³-hybridized carbons (Fsp3) is 0.462. The van der Waals surface area contributed by atoms with E-state index >= 15 is 0 Å². The third-order valence-electron chi connectivity index (χ3n) is 3.48. The number of nitro groups is 1.